The van der Waals surface area contributed by atoms with Crippen LogP contribution in [-0.2, 0) is 9.47 Å². The zero-order valence-corrected chi connectivity index (χ0v) is 9.71. The van der Waals surface area contributed by atoms with Crippen LogP contribution >= 0.6 is 0 Å². The summed E-state index contributed by atoms with van der Waals surface area (Å²) in [6.07, 6.45) is 7.87. The van der Waals surface area contributed by atoms with Crippen molar-refractivity contribution < 1.29 is 9.47 Å². The first-order valence-corrected chi connectivity index (χ1v) is 6.25. The number of rotatable bonds is 3. The average molecular weight is 213 g/mol. The fourth-order valence-electron chi connectivity index (χ4n) is 2.66. The summed E-state index contributed by atoms with van der Waals surface area (Å²) in [7, 11) is 1.83. The van der Waals surface area contributed by atoms with Crippen LogP contribution in [0.2, 0.25) is 0 Å². The molecule has 0 atom stereocenters. The Kier molecular flexibility index (Phi) is 4.42. The van der Waals surface area contributed by atoms with Crippen molar-refractivity contribution in [3.05, 3.63) is 0 Å². The highest BCUT2D eigenvalue weighted by atomic mass is 16.5. The summed E-state index contributed by atoms with van der Waals surface area (Å²) in [5, 5.41) is 3.77. The normalized spacial score (nSPS) is 34.2. The molecule has 1 N–H and O–H groups in total. The standard InChI is InChI=1S/C12H23NO2/c1-14-12-4-2-10(3-5-12)13-11-6-8-15-9-7-11/h10-13H,2-9H2,1H3. The molecule has 1 saturated carbocycles. The third-order valence-corrected chi connectivity index (χ3v) is 3.70. The second-order valence-corrected chi connectivity index (χ2v) is 4.76. The Morgan fingerprint density at radius 2 is 1.53 bits per heavy atom. The maximum absolute atomic E-state index is 5.38. The lowest BCUT2D eigenvalue weighted by Gasteiger charge is -2.33. The second kappa shape index (κ2) is 5.83. The highest BCUT2D eigenvalue weighted by Crippen LogP contribution is 2.22. The SMILES string of the molecule is COC1CCC(NC2CCOCC2)CC1. The highest BCUT2D eigenvalue weighted by Gasteiger charge is 2.23. The van der Waals surface area contributed by atoms with Crippen LogP contribution in [-0.4, -0.2) is 38.5 Å². The van der Waals surface area contributed by atoms with Crippen LogP contribution < -0.4 is 5.32 Å². The van der Waals surface area contributed by atoms with Gasteiger partial charge in [-0.25, -0.2) is 0 Å². The lowest BCUT2D eigenvalue weighted by atomic mass is 9.92. The third-order valence-electron chi connectivity index (χ3n) is 3.70. The van der Waals surface area contributed by atoms with Crippen LogP contribution in [0.4, 0.5) is 0 Å². The molecule has 0 amide bonds. The van der Waals surface area contributed by atoms with E-state index < -0.39 is 0 Å². The van der Waals surface area contributed by atoms with Crippen molar-refractivity contribution >= 4 is 0 Å². The van der Waals surface area contributed by atoms with Gasteiger partial charge in [0.05, 0.1) is 6.10 Å². The Morgan fingerprint density at radius 3 is 2.13 bits per heavy atom. The molecule has 0 unspecified atom stereocenters. The van der Waals surface area contributed by atoms with E-state index in [1.165, 1.54) is 38.5 Å². The quantitative estimate of drug-likeness (QED) is 0.774. The van der Waals surface area contributed by atoms with E-state index in [2.05, 4.69) is 5.32 Å². The Labute approximate surface area is 92.5 Å². The second-order valence-electron chi connectivity index (χ2n) is 4.76. The maximum atomic E-state index is 5.38. The number of ether oxygens (including phenoxy) is 2. The van der Waals surface area contributed by atoms with Gasteiger partial charge in [0.15, 0.2) is 0 Å². The first kappa shape index (κ1) is 11.4. The number of methoxy groups -OCH3 is 1. The molecular formula is C12H23NO2. The highest BCUT2D eigenvalue weighted by molar-refractivity contribution is 4.81. The summed E-state index contributed by atoms with van der Waals surface area (Å²) in [6.45, 7) is 1.87. The Morgan fingerprint density at radius 1 is 0.933 bits per heavy atom. The van der Waals surface area contributed by atoms with E-state index >= 15 is 0 Å². The first-order chi connectivity index (χ1) is 7.38. The monoisotopic (exact) mass is 213 g/mol. The zero-order chi connectivity index (χ0) is 10.5. The average Bonchev–Trinajstić information content (AvgIpc) is 2.31. The Bertz CT molecular complexity index is 172. The molecular weight excluding hydrogens is 190 g/mol. The predicted molar refractivity (Wildman–Crippen MR) is 60.0 cm³/mol. The Hall–Kier alpha value is -0.120. The summed E-state index contributed by atoms with van der Waals surface area (Å²) in [5.74, 6) is 0. The lowest BCUT2D eigenvalue weighted by molar-refractivity contribution is 0.0499. The topological polar surface area (TPSA) is 30.5 Å². The van der Waals surface area contributed by atoms with Crippen molar-refractivity contribution in [3.63, 3.8) is 0 Å². The molecule has 0 spiro atoms. The van der Waals surface area contributed by atoms with Crippen LogP contribution in [0.5, 0.6) is 0 Å². The van der Waals surface area contributed by atoms with Crippen molar-refractivity contribution in [3.8, 4) is 0 Å². The molecule has 1 aliphatic carbocycles. The maximum Gasteiger partial charge on any atom is 0.0572 e. The molecule has 3 nitrogen and oxygen atoms in total. The van der Waals surface area contributed by atoms with Gasteiger partial charge in [-0.05, 0) is 38.5 Å². The fraction of sp³-hybridized carbons (Fsp3) is 1.00. The van der Waals surface area contributed by atoms with E-state index in [0.29, 0.717) is 12.1 Å². The van der Waals surface area contributed by atoms with Crippen molar-refractivity contribution in [1.82, 2.24) is 5.32 Å². The van der Waals surface area contributed by atoms with E-state index in [1.807, 2.05) is 7.11 Å². The van der Waals surface area contributed by atoms with Gasteiger partial charge in [-0.3, -0.25) is 0 Å². The molecule has 1 heterocycles. The molecule has 0 bridgehead atoms. The van der Waals surface area contributed by atoms with E-state index in [1.54, 1.807) is 0 Å². The van der Waals surface area contributed by atoms with Crippen LogP contribution in [0.1, 0.15) is 38.5 Å². The van der Waals surface area contributed by atoms with E-state index in [4.69, 9.17) is 9.47 Å². The van der Waals surface area contributed by atoms with Crippen molar-refractivity contribution in [2.45, 2.75) is 56.7 Å². The largest absolute Gasteiger partial charge is 0.381 e. The summed E-state index contributed by atoms with van der Waals surface area (Å²) in [4.78, 5) is 0. The van der Waals surface area contributed by atoms with Gasteiger partial charge in [-0.2, -0.15) is 0 Å². The first-order valence-electron chi connectivity index (χ1n) is 6.25. The van der Waals surface area contributed by atoms with Crippen LogP contribution in [0.15, 0.2) is 0 Å². The zero-order valence-electron chi connectivity index (χ0n) is 9.71. The Balaban J connectivity index is 1.67. The molecule has 0 aromatic heterocycles. The van der Waals surface area contributed by atoms with Crippen LogP contribution in [0.3, 0.4) is 0 Å². The molecule has 0 radical (unpaired) electrons. The van der Waals surface area contributed by atoms with Gasteiger partial charge in [0.1, 0.15) is 0 Å². The summed E-state index contributed by atoms with van der Waals surface area (Å²) < 4.78 is 10.7. The molecule has 2 aliphatic rings. The van der Waals surface area contributed by atoms with Gasteiger partial charge in [-0.15, -0.1) is 0 Å². The van der Waals surface area contributed by atoms with Gasteiger partial charge < -0.3 is 14.8 Å². The minimum atomic E-state index is 0.512. The number of hydrogen-bond donors (Lipinski definition) is 1. The smallest absolute Gasteiger partial charge is 0.0572 e. The minimum absolute atomic E-state index is 0.512. The molecule has 0 aromatic carbocycles. The summed E-state index contributed by atoms with van der Waals surface area (Å²) in [5.41, 5.74) is 0. The predicted octanol–water partition coefficient (Wildman–Crippen LogP) is 1.71. The molecule has 15 heavy (non-hydrogen) atoms. The lowest BCUT2D eigenvalue weighted by Crippen LogP contribution is -2.43. The van der Waals surface area contributed by atoms with Gasteiger partial charge in [0.25, 0.3) is 0 Å². The third kappa shape index (κ3) is 3.44. The van der Waals surface area contributed by atoms with E-state index in [9.17, 15) is 0 Å². The fourth-order valence-corrected chi connectivity index (χ4v) is 2.66. The summed E-state index contributed by atoms with van der Waals surface area (Å²) in [6, 6.07) is 1.42. The van der Waals surface area contributed by atoms with Gasteiger partial charge in [0, 0.05) is 32.4 Å². The van der Waals surface area contributed by atoms with Crippen molar-refractivity contribution in [2.24, 2.45) is 0 Å². The molecule has 1 aliphatic heterocycles. The molecule has 1 saturated heterocycles. The van der Waals surface area contributed by atoms with Crippen molar-refractivity contribution in [2.75, 3.05) is 20.3 Å². The summed E-state index contributed by atoms with van der Waals surface area (Å²) >= 11 is 0. The molecule has 0 aromatic rings. The minimum Gasteiger partial charge on any atom is -0.381 e. The number of hydrogen-bond acceptors (Lipinski definition) is 3. The van der Waals surface area contributed by atoms with Crippen LogP contribution in [0.25, 0.3) is 0 Å². The molecule has 2 rings (SSSR count). The number of nitrogens with one attached hydrogen (secondary N) is 1. The molecule has 88 valence electrons. The van der Waals surface area contributed by atoms with Gasteiger partial charge in [0.2, 0.25) is 0 Å². The van der Waals surface area contributed by atoms with Crippen molar-refractivity contribution in [1.29, 1.82) is 0 Å². The van der Waals surface area contributed by atoms with Gasteiger partial charge in [-0.1, -0.05) is 0 Å². The van der Waals surface area contributed by atoms with Gasteiger partial charge >= 0.3 is 0 Å². The van der Waals surface area contributed by atoms with E-state index in [0.717, 1.165) is 19.3 Å². The molecule has 3 heteroatoms. The molecule has 2 fully saturated rings. The van der Waals surface area contributed by atoms with Crippen LogP contribution in [0, 0.1) is 0 Å². The van der Waals surface area contributed by atoms with E-state index in [-0.39, 0.29) is 0 Å².